The van der Waals surface area contributed by atoms with E-state index in [1.165, 1.54) is 0 Å². The summed E-state index contributed by atoms with van der Waals surface area (Å²) in [6.07, 6.45) is 0.967. The zero-order valence-electron chi connectivity index (χ0n) is 7.21. The first kappa shape index (κ1) is 8.71. The summed E-state index contributed by atoms with van der Waals surface area (Å²) in [5.41, 5.74) is 12.4. The molecule has 4 N–H and O–H groups in total. The maximum Gasteiger partial charge on any atom is 0.144 e. The average Bonchev–Trinajstić information content (AvgIpc) is 2.08. The number of hydrogen-bond donors (Lipinski definition) is 2. The van der Waals surface area contributed by atoms with Crippen molar-refractivity contribution in [2.45, 2.75) is 13.3 Å². The Morgan fingerprint density at radius 3 is 2.75 bits per heavy atom. The van der Waals surface area contributed by atoms with E-state index in [9.17, 15) is 0 Å². The molecule has 0 amide bonds. The van der Waals surface area contributed by atoms with E-state index in [1.807, 2.05) is 19.1 Å². The largest absolute Gasteiger partial charge is 0.491 e. The van der Waals surface area contributed by atoms with Gasteiger partial charge in [0.25, 0.3) is 0 Å². The molecule has 0 unspecified atom stereocenters. The SMILES string of the molecule is CCCOc1cccc(N)c1N. The van der Waals surface area contributed by atoms with Gasteiger partial charge in [-0.1, -0.05) is 13.0 Å². The number of benzene rings is 1. The van der Waals surface area contributed by atoms with Gasteiger partial charge in [0.2, 0.25) is 0 Å². The average molecular weight is 166 g/mol. The minimum Gasteiger partial charge on any atom is -0.491 e. The predicted octanol–water partition coefficient (Wildman–Crippen LogP) is 1.64. The number of anilines is 2. The molecule has 3 nitrogen and oxygen atoms in total. The molecule has 0 spiro atoms. The molecule has 0 aromatic heterocycles. The van der Waals surface area contributed by atoms with E-state index >= 15 is 0 Å². The lowest BCUT2D eigenvalue weighted by Gasteiger charge is -2.08. The Hall–Kier alpha value is -1.38. The van der Waals surface area contributed by atoms with Gasteiger partial charge in [-0.05, 0) is 18.6 Å². The molecule has 0 aliphatic rings. The molecular weight excluding hydrogens is 152 g/mol. The van der Waals surface area contributed by atoms with Gasteiger partial charge in [0.15, 0.2) is 0 Å². The third-order valence-electron chi connectivity index (χ3n) is 1.56. The smallest absolute Gasteiger partial charge is 0.144 e. The van der Waals surface area contributed by atoms with Gasteiger partial charge in [0, 0.05) is 0 Å². The van der Waals surface area contributed by atoms with Gasteiger partial charge < -0.3 is 16.2 Å². The van der Waals surface area contributed by atoms with Crippen molar-refractivity contribution >= 4 is 11.4 Å². The lowest BCUT2D eigenvalue weighted by atomic mass is 10.2. The predicted molar refractivity (Wildman–Crippen MR) is 51.1 cm³/mol. The topological polar surface area (TPSA) is 61.3 Å². The molecule has 0 saturated heterocycles. The van der Waals surface area contributed by atoms with Crippen LogP contribution in [-0.4, -0.2) is 6.61 Å². The monoisotopic (exact) mass is 166 g/mol. The standard InChI is InChI=1S/C9H14N2O/c1-2-6-12-8-5-3-4-7(10)9(8)11/h3-5H,2,6,10-11H2,1H3. The Morgan fingerprint density at radius 2 is 2.08 bits per heavy atom. The molecule has 0 aliphatic carbocycles. The van der Waals surface area contributed by atoms with Crippen LogP contribution in [0.1, 0.15) is 13.3 Å². The van der Waals surface area contributed by atoms with Gasteiger partial charge >= 0.3 is 0 Å². The van der Waals surface area contributed by atoms with Crippen molar-refractivity contribution < 1.29 is 4.74 Å². The Labute approximate surface area is 72.3 Å². The zero-order chi connectivity index (χ0) is 8.97. The van der Waals surface area contributed by atoms with Crippen LogP contribution < -0.4 is 16.2 Å². The van der Waals surface area contributed by atoms with Gasteiger partial charge in [-0.3, -0.25) is 0 Å². The van der Waals surface area contributed by atoms with E-state index in [0.717, 1.165) is 6.42 Å². The van der Waals surface area contributed by atoms with Crippen LogP contribution in [0.3, 0.4) is 0 Å². The van der Waals surface area contributed by atoms with Gasteiger partial charge in [0.1, 0.15) is 5.75 Å². The molecule has 0 aliphatic heterocycles. The Bertz CT molecular complexity index is 261. The minimum absolute atomic E-state index is 0.533. The summed E-state index contributed by atoms with van der Waals surface area (Å²) in [7, 11) is 0. The fraction of sp³-hybridized carbons (Fsp3) is 0.333. The van der Waals surface area contributed by atoms with E-state index in [2.05, 4.69) is 0 Å². The molecule has 0 bridgehead atoms. The second-order valence-electron chi connectivity index (χ2n) is 2.61. The van der Waals surface area contributed by atoms with Crippen LogP contribution in [0.4, 0.5) is 11.4 Å². The molecule has 0 heterocycles. The van der Waals surface area contributed by atoms with Gasteiger partial charge in [-0.25, -0.2) is 0 Å². The van der Waals surface area contributed by atoms with Gasteiger partial charge in [-0.2, -0.15) is 0 Å². The summed E-state index contributed by atoms with van der Waals surface area (Å²) >= 11 is 0. The number of nitrogens with two attached hydrogens (primary N) is 2. The molecule has 12 heavy (non-hydrogen) atoms. The summed E-state index contributed by atoms with van der Waals surface area (Å²) in [5.74, 6) is 0.678. The normalized spacial score (nSPS) is 9.75. The van der Waals surface area contributed by atoms with Crippen LogP contribution in [0.5, 0.6) is 5.75 Å². The van der Waals surface area contributed by atoms with E-state index in [1.54, 1.807) is 6.07 Å². The molecule has 1 aromatic carbocycles. The molecule has 3 heteroatoms. The van der Waals surface area contributed by atoms with Crippen LogP contribution in [0, 0.1) is 0 Å². The molecular formula is C9H14N2O. The van der Waals surface area contributed by atoms with E-state index in [4.69, 9.17) is 16.2 Å². The Morgan fingerprint density at radius 1 is 1.33 bits per heavy atom. The summed E-state index contributed by atoms with van der Waals surface area (Å²) in [5, 5.41) is 0. The van der Waals surface area contributed by atoms with Crippen molar-refractivity contribution in [1.82, 2.24) is 0 Å². The summed E-state index contributed by atoms with van der Waals surface area (Å²) < 4.78 is 5.36. The van der Waals surface area contributed by atoms with Crippen molar-refractivity contribution in [3.05, 3.63) is 18.2 Å². The van der Waals surface area contributed by atoms with Crippen molar-refractivity contribution in [1.29, 1.82) is 0 Å². The lowest BCUT2D eigenvalue weighted by molar-refractivity contribution is 0.319. The van der Waals surface area contributed by atoms with Crippen molar-refractivity contribution in [3.8, 4) is 5.75 Å². The maximum atomic E-state index is 5.67. The van der Waals surface area contributed by atoms with Crippen LogP contribution in [-0.2, 0) is 0 Å². The van der Waals surface area contributed by atoms with Crippen molar-refractivity contribution in [2.24, 2.45) is 0 Å². The first-order valence-corrected chi connectivity index (χ1v) is 4.02. The quantitative estimate of drug-likeness (QED) is 0.671. The fourth-order valence-corrected chi connectivity index (χ4v) is 0.899. The van der Waals surface area contributed by atoms with E-state index in [-0.39, 0.29) is 0 Å². The van der Waals surface area contributed by atoms with Gasteiger partial charge in [0.05, 0.1) is 18.0 Å². The number of hydrogen-bond acceptors (Lipinski definition) is 3. The van der Waals surface area contributed by atoms with Crippen molar-refractivity contribution in [3.63, 3.8) is 0 Å². The second-order valence-corrected chi connectivity index (χ2v) is 2.61. The highest BCUT2D eigenvalue weighted by molar-refractivity contribution is 5.70. The molecule has 0 fully saturated rings. The summed E-state index contributed by atoms with van der Waals surface area (Å²) in [6, 6.07) is 5.41. The number of nitrogen functional groups attached to an aromatic ring is 2. The maximum absolute atomic E-state index is 5.67. The minimum atomic E-state index is 0.533. The molecule has 1 rings (SSSR count). The van der Waals surface area contributed by atoms with E-state index < -0.39 is 0 Å². The fourth-order valence-electron chi connectivity index (χ4n) is 0.899. The van der Waals surface area contributed by atoms with Crippen LogP contribution in [0.25, 0.3) is 0 Å². The number of rotatable bonds is 3. The van der Waals surface area contributed by atoms with Crippen LogP contribution in [0.15, 0.2) is 18.2 Å². The number of ether oxygens (including phenoxy) is 1. The second kappa shape index (κ2) is 3.85. The highest BCUT2D eigenvalue weighted by atomic mass is 16.5. The Balaban J connectivity index is 2.78. The molecule has 0 atom stereocenters. The molecule has 0 saturated carbocycles. The van der Waals surface area contributed by atoms with Crippen molar-refractivity contribution in [2.75, 3.05) is 18.1 Å². The first-order chi connectivity index (χ1) is 5.75. The number of para-hydroxylation sites is 1. The highest BCUT2D eigenvalue weighted by Gasteiger charge is 2.01. The zero-order valence-corrected chi connectivity index (χ0v) is 7.21. The molecule has 1 aromatic rings. The van der Waals surface area contributed by atoms with Crippen LogP contribution in [0.2, 0.25) is 0 Å². The summed E-state index contributed by atoms with van der Waals surface area (Å²) in [4.78, 5) is 0. The third kappa shape index (κ3) is 1.81. The van der Waals surface area contributed by atoms with E-state index in [0.29, 0.717) is 23.7 Å². The first-order valence-electron chi connectivity index (χ1n) is 4.02. The lowest BCUT2D eigenvalue weighted by Crippen LogP contribution is -2.01. The molecule has 66 valence electrons. The van der Waals surface area contributed by atoms with Gasteiger partial charge in [-0.15, -0.1) is 0 Å². The highest BCUT2D eigenvalue weighted by Crippen LogP contribution is 2.26. The Kier molecular flexibility index (Phi) is 2.80. The third-order valence-corrected chi connectivity index (χ3v) is 1.56. The summed E-state index contributed by atoms with van der Waals surface area (Å²) in [6.45, 7) is 2.72. The van der Waals surface area contributed by atoms with Crippen LogP contribution >= 0.6 is 0 Å². The molecule has 0 radical (unpaired) electrons.